The van der Waals surface area contributed by atoms with Crippen molar-refractivity contribution in [2.24, 2.45) is 0 Å². The minimum absolute atomic E-state index is 0.0861. The molecule has 0 bridgehead atoms. The summed E-state index contributed by atoms with van der Waals surface area (Å²) in [4.78, 5) is 20.6. The number of aromatic amines is 1. The van der Waals surface area contributed by atoms with E-state index in [1.807, 2.05) is 66.7 Å². The first-order valence-electron chi connectivity index (χ1n) is 8.67. The van der Waals surface area contributed by atoms with Crippen LogP contribution in [-0.4, -0.2) is 22.4 Å². The highest BCUT2D eigenvalue weighted by molar-refractivity contribution is 6.00. The van der Waals surface area contributed by atoms with Gasteiger partial charge in [-0.25, -0.2) is 4.98 Å². The monoisotopic (exact) mass is 341 g/mol. The van der Waals surface area contributed by atoms with Gasteiger partial charge in [-0.2, -0.15) is 0 Å². The summed E-state index contributed by atoms with van der Waals surface area (Å²) in [5, 5.41) is 3.01. The number of para-hydroxylation sites is 2. The number of fused-ring (bicyclic) bond motifs is 1. The van der Waals surface area contributed by atoms with Crippen molar-refractivity contribution < 1.29 is 4.79 Å². The van der Waals surface area contributed by atoms with Gasteiger partial charge in [0.25, 0.3) is 5.91 Å². The molecule has 4 rings (SSSR count). The third-order valence-electron chi connectivity index (χ3n) is 4.36. The lowest BCUT2D eigenvalue weighted by atomic mass is 10.1. The predicted octanol–water partition coefficient (Wildman–Crippen LogP) is 4.20. The Morgan fingerprint density at radius 3 is 2.46 bits per heavy atom. The van der Waals surface area contributed by atoms with Gasteiger partial charge in [0.2, 0.25) is 0 Å². The molecular formula is C22H19N3O. The Hall–Kier alpha value is -3.40. The van der Waals surface area contributed by atoms with E-state index in [1.54, 1.807) is 0 Å². The highest BCUT2D eigenvalue weighted by atomic mass is 16.1. The first-order valence-corrected chi connectivity index (χ1v) is 8.67. The zero-order valence-electron chi connectivity index (χ0n) is 14.3. The molecule has 1 amide bonds. The van der Waals surface area contributed by atoms with Gasteiger partial charge in [-0.15, -0.1) is 0 Å². The maximum atomic E-state index is 12.7. The summed E-state index contributed by atoms with van der Waals surface area (Å²) >= 11 is 0. The summed E-state index contributed by atoms with van der Waals surface area (Å²) in [5.74, 6) is 0.622. The second-order valence-electron chi connectivity index (χ2n) is 6.14. The van der Waals surface area contributed by atoms with Crippen LogP contribution < -0.4 is 5.32 Å². The molecule has 26 heavy (non-hydrogen) atoms. The smallest absolute Gasteiger partial charge is 0.252 e. The maximum absolute atomic E-state index is 12.7. The van der Waals surface area contributed by atoms with E-state index in [0.29, 0.717) is 17.9 Å². The van der Waals surface area contributed by atoms with Crippen LogP contribution in [-0.2, 0) is 6.42 Å². The zero-order chi connectivity index (χ0) is 17.8. The molecule has 4 aromatic rings. The highest BCUT2D eigenvalue weighted by Gasteiger charge is 2.14. The molecule has 0 fully saturated rings. The molecule has 0 atom stereocenters. The summed E-state index contributed by atoms with van der Waals surface area (Å²) in [7, 11) is 0. The quantitative estimate of drug-likeness (QED) is 0.571. The van der Waals surface area contributed by atoms with Crippen LogP contribution in [0.4, 0.5) is 0 Å². The van der Waals surface area contributed by atoms with E-state index in [9.17, 15) is 4.79 Å². The maximum Gasteiger partial charge on any atom is 0.252 e. The Morgan fingerprint density at radius 1 is 0.885 bits per heavy atom. The number of hydrogen-bond acceptors (Lipinski definition) is 2. The van der Waals surface area contributed by atoms with Crippen LogP contribution in [0.15, 0.2) is 78.9 Å². The zero-order valence-corrected chi connectivity index (χ0v) is 14.3. The molecule has 0 unspecified atom stereocenters. The molecule has 0 aliphatic heterocycles. The number of benzene rings is 3. The van der Waals surface area contributed by atoms with E-state index >= 15 is 0 Å². The van der Waals surface area contributed by atoms with Crippen molar-refractivity contribution >= 4 is 16.9 Å². The van der Waals surface area contributed by atoms with Crippen LogP contribution in [0.2, 0.25) is 0 Å². The minimum atomic E-state index is -0.0861. The van der Waals surface area contributed by atoms with Gasteiger partial charge < -0.3 is 10.3 Å². The Balaban J connectivity index is 1.54. The minimum Gasteiger partial charge on any atom is -0.352 e. The molecule has 0 aliphatic carbocycles. The van der Waals surface area contributed by atoms with E-state index in [1.165, 1.54) is 5.56 Å². The molecule has 4 heteroatoms. The van der Waals surface area contributed by atoms with Gasteiger partial charge in [-0.1, -0.05) is 60.7 Å². The second-order valence-corrected chi connectivity index (χ2v) is 6.14. The first kappa shape index (κ1) is 16.1. The van der Waals surface area contributed by atoms with Crippen molar-refractivity contribution in [3.05, 3.63) is 90.0 Å². The Kier molecular flexibility index (Phi) is 4.48. The van der Waals surface area contributed by atoms with Gasteiger partial charge >= 0.3 is 0 Å². The largest absolute Gasteiger partial charge is 0.352 e. The molecule has 0 aliphatic rings. The number of rotatable bonds is 5. The Labute approximate surface area is 151 Å². The van der Waals surface area contributed by atoms with Gasteiger partial charge in [0, 0.05) is 12.1 Å². The first-order chi connectivity index (χ1) is 12.8. The van der Waals surface area contributed by atoms with Crippen molar-refractivity contribution in [3.8, 4) is 11.4 Å². The van der Waals surface area contributed by atoms with Crippen LogP contribution >= 0.6 is 0 Å². The fraction of sp³-hybridized carbons (Fsp3) is 0.0909. The third kappa shape index (κ3) is 3.35. The molecule has 0 radical (unpaired) electrons. The van der Waals surface area contributed by atoms with Gasteiger partial charge in [-0.3, -0.25) is 4.79 Å². The van der Waals surface area contributed by atoms with Crippen molar-refractivity contribution in [3.63, 3.8) is 0 Å². The van der Waals surface area contributed by atoms with Crippen LogP contribution in [0.25, 0.3) is 22.4 Å². The normalized spacial score (nSPS) is 10.8. The van der Waals surface area contributed by atoms with Gasteiger partial charge in [-0.05, 0) is 30.2 Å². The summed E-state index contributed by atoms with van der Waals surface area (Å²) in [5.41, 5.74) is 4.49. The molecule has 2 N–H and O–H groups in total. The van der Waals surface area contributed by atoms with Gasteiger partial charge in [0.15, 0.2) is 0 Å². The number of nitrogens with one attached hydrogen (secondary N) is 2. The van der Waals surface area contributed by atoms with E-state index in [-0.39, 0.29) is 5.91 Å². The predicted molar refractivity (Wildman–Crippen MR) is 104 cm³/mol. The number of H-pyrrole nitrogens is 1. The number of amides is 1. The standard InChI is InChI=1S/C22H19N3O/c26-22(23-15-14-16-8-2-1-3-9-16)18-11-5-4-10-17(18)21-24-19-12-6-7-13-20(19)25-21/h1-13H,14-15H2,(H,23,26)(H,24,25). The van der Waals surface area contributed by atoms with Crippen LogP contribution in [0.1, 0.15) is 15.9 Å². The highest BCUT2D eigenvalue weighted by Crippen LogP contribution is 2.23. The second kappa shape index (κ2) is 7.23. The van der Waals surface area contributed by atoms with Crippen molar-refractivity contribution in [2.45, 2.75) is 6.42 Å². The number of hydrogen-bond donors (Lipinski definition) is 2. The fourth-order valence-electron chi connectivity index (χ4n) is 3.03. The molecule has 3 aromatic carbocycles. The number of aromatic nitrogens is 2. The summed E-state index contributed by atoms with van der Waals surface area (Å²) in [6, 6.07) is 25.5. The van der Waals surface area contributed by atoms with Crippen LogP contribution in [0.3, 0.4) is 0 Å². The summed E-state index contributed by atoms with van der Waals surface area (Å²) < 4.78 is 0. The number of imidazole rings is 1. The number of nitrogens with zero attached hydrogens (tertiary/aromatic N) is 1. The Morgan fingerprint density at radius 2 is 1.62 bits per heavy atom. The van der Waals surface area contributed by atoms with Crippen LogP contribution in [0.5, 0.6) is 0 Å². The van der Waals surface area contributed by atoms with Crippen molar-refractivity contribution in [2.75, 3.05) is 6.54 Å². The fourth-order valence-corrected chi connectivity index (χ4v) is 3.03. The van der Waals surface area contributed by atoms with Gasteiger partial charge in [0.1, 0.15) is 5.82 Å². The van der Waals surface area contributed by atoms with Gasteiger partial charge in [0.05, 0.1) is 16.6 Å². The molecule has 4 nitrogen and oxygen atoms in total. The molecule has 0 saturated heterocycles. The van der Waals surface area contributed by atoms with Crippen LogP contribution in [0, 0.1) is 0 Å². The van der Waals surface area contributed by atoms with E-state index in [2.05, 4.69) is 27.4 Å². The van der Waals surface area contributed by atoms with Crippen molar-refractivity contribution in [1.29, 1.82) is 0 Å². The molecule has 0 spiro atoms. The third-order valence-corrected chi connectivity index (χ3v) is 4.36. The SMILES string of the molecule is O=C(NCCc1ccccc1)c1ccccc1-c1nc2ccccc2[nH]1. The van der Waals surface area contributed by atoms with E-state index in [4.69, 9.17) is 0 Å². The van der Waals surface area contributed by atoms with Crippen molar-refractivity contribution in [1.82, 2.24) is 15.3 Å². The lowest BCUT2D eigenvalue weighted by Crippen LogP contribution is -2.26. The number of carbonyl (C=O) groups excluding carboxylic acids is 1. The topological polar surface area (TPSA) is 57.8 Å². The molecule has 0 saturated carbocycles. The Bertz CT molecular complexity index is 1000. The molecule has 128 valence electrons. The molecule has 1 heterocycles. The lowest BCUT2D eigenvalue weighted by Gasteiger charge is -2.09. The summed E-state index contributed by atoms with van der Waals surface area (Å²) in [6.45, 7) is 0.595. The number of carbonyl (C=O) groups is 1. The van der Waals surface area contributed by atoms with E-state index in [0.717, 1.165) is 23.0 Å². The van der Waals surface area contributed by atoms with E-state index < -0.39 is 0 Å². The lowest BCUT2D eigenvalue weighted by molar-refractivity contribution is 0.0954. The molecular weight excluding hydrogens is 322 g/mol. The molecule has 1 aromatic heterocycles. The summed E-state index contributed by atoms with van der Waals surface area (Å²) in [6.07, 6.45) is 0.805. The average molecular weight is 341 g/mol. The average Bonchev–Trinajstić information content (AvgIpc) is 3.13.